The van der Waals surface area contributed by atoms with Gasteiger partial charge in [0.2, 0.25) is 0 Å². The highest BCUT2D eigenvalue weighted by Crippen LogP contribution is 2.48. The van der Waals surface area contributed by atoms with E-state index in [2.05, 4.69) is 0 Å². The molecule has 0 aliphatic heterocycles. The molecule has 1 fully saturated rings. The molecule has 0 aromatic carbocycles. The van der Waals surface area contributed by atoms with Crippen molar-refractivity contribution in [1.29, 1.82) is 0 Å². The third-order valence-corrected chi connectivity index (χ3v) is 8.72. The zero-order chi connectivity index (χ0) is 17.8. The van der Waals surface area contributed by atoms with Crippen LogP contribution in [0.25, 0.3) is 0 Å². The van der Waals surface area contributed by atoms with Gasteiger partial charge in [0, 0.05) is 6.42 Å². The SMILES string of the molecule is O=S(=O)(C(CC1=CC2CCC1C2)S(=O)(=O)C(F)(F)F)C(F)(F)F. The minimum atomic E-state index is -6.53. The van der Waals surface area contributed by atoms with Gasteiger partial charge in [-0.15, -0.1) is 0 Å². The monoisotopic (exact) mass is 386 g/mol. The van der Waals surface area contributed by atoms with Gasteiger partial charge in [0.05, 0.1) is 0 Å². The molecule has 134 valence electrons. The van der Waals surface area contributed by atoms with E-state index in [4.69, 9.17) is 0 Å². The van der Waals surface area contributed by atoms with Crippen LogP contribution in [0, 0.1) is 11.8 Å². The van der Waals surface area contributed by atoms with Gasteiger partial charge in [0.25, 0.3) is 19.7 Å². The summed E-state index contributed by atoms with van der Waals surface area (Å²) < 4.78 is 118. The number of halogens is 6. The van der Waals surface area contributed by atoms with Crippen molar-refractivity contribution < 1.29 is 43.2 Å². The maximum atomic E-state index is 12.6. The Morgan fingerprint density at radius 2 is 1.43 bits per heavy atom. The van der Waals surface area contributed by atoms with E-state index in [1.54, 1.807) is 0 Å². The molecule has 0 heterocycles. The molecule has 0 spiro atoms. The van der Waals surface area contributed by atoms with E-state index in [0.29, 0.717) is 19.3 Å². The van der Waals surface area contributed by atoms with Crippen molar-refractivity contribution in [2.75, 3.05) is 0 Å². The molecule has 2 aliphatic carbocycles. The number of fused-ring (bicyclic) bond motifs is 2. The predicted octanol–water partition coefficient (Wildman–Crippen LogP) is 2.93. The molecule has 0 aromatic heterocycles. The van der Waals surface area contributed by atoms with Crippen LogP contribution < -0.4 is 0 Å². The van der Waals surface area contributed by atoms with Crippen molar-refractivity contribution in [3.8, 4) is 0 Å². The maximum absolute atomic E-state index is 12.6. The largest absolute Gasteiger partial charge is 0.498 e. The molecule has 2 unspecified atom stereocenters. The van der Waals surface area contributed by atoms with Crippen molar-refractivity contribution in [2.24, 2.45) is 11.8 Å². The molecule has 0 amide bonds. The van der Waals surface area contributed by atoms with E-state index >= 15 is 0 Å². The van der Waals surface area contributed by atoms with Gasteiger partial charge in [0.1, 0.15) is 0 Å². The fourth-order valence-electron chi connectivity index (χ4n) is 3.05. The molecule has 0 N–H and O–H groups in total. The summed E-state index contributed by atoms with van der Waals surface area (Å²) in [6.45, 7) is 0. The minimum absolute atomic E-state index is 0.0437. The van der Waals surface area contributed by atoms with Crippen LogP contribution in [0.2, 0.25) is 0 Å². The summed E-state index contributed by atoms with van der Waals surface area (Å²) in [7, 11) is -13.1. The number of hydrogen-bond donors (Lipinski definition) is 0. The van der Waals surface area contributed by atoms with Gasteiger partial charge in [-0.3, -0.25) is 0 Å². The van der Waals surface area contributed by atoms with Crippen molar-refractivity contribution in [2.45, 2.75) is 41.3 Å². The normalized spacial score (nSPS) is 26.0. The first-order chi connectivity index (χ1) is 10.2. The smallest absolute Gasteiger partial charge is 0.218 e. The first-order valence-electron chi connectivity index (χ1n) is 6.49. The highest BCUT2D eigenvalue weighted by atomic mass is 32.3. The Morgan fingerprint density at radius 3 is 1.74 bits per heavy atom. The van der Waals surface area contributed by atoms with E-state index in [9.17, 15) is 43.2 Å². The van der Waals surface area contributed by atoms with Crippen LogP contribution in [0.1, 0.15) is 25.7 Å². The van der Waals surface area contributed by atoms with Gasteiger partial charge in [0.15, 0.2) is 4.58 Å². The molecule has 2 rings (SSSR count). The Labute approximate surface area is 128 Å². The molecular weight excluding hydrogens is 374 g/mol. The van der Waals surface area contributed by atoms with Crippen LogP contribution in [-0.4, -0.2) is 32.4 Å². The molecule has 4 nitrogen and oxygen atoms in total. The van der Waals surface area contributed by atoms with Gasteiger partial charge in [-0.05, 0) is 31.1 Å². The van der Waals surface area contributed by atoms with Crippen molar-refractivity contribution >= 4 is 19.7 Å². The molecular formula is C11H12F6O4S2. The number of rotatable bonds is 4. The van der Waals surface area contributed by atoms with Crippen LogP contribution in [-0.2, 0) is 19.7 Å². The second-order valence-corrected chi connectivity index (χ2v) is 10.2. The van der Waals surface area contributed by atoms with E-state index in [0.717, 1.165) is 0 Å². The second-order valence-electron chi connectivity index (χ2n) is 5.63. The van der Waals surface area contributed by atoms with E-state index < -0.39 is 41.7 Å². The number of allylic oxidation sites excluding steroid dienone is 2. The summed E-state index contributed by atoms with van der Waals surface area (Å²) in [5.41, 5.74) is -12.1. The van der Waals surface area contributed by atoms with E-state index in [1.807, 2.05) is 0 Å². The van der Waals surface area contributed by atoms with E-state index in [1.165, 1.54) is 6.08 Å². The van der Waals surface area contributed by atoms with Crippen LogP contribution >= 0.6 is 0 Å². The lowest BCUT2D eigenvalue weighted by atomic mass is 9.97. The molecule has 1 saturated carbocycles. The van der Waals surface area contributed by atoms with Gasteiger partial charge >= 0.3 is 11.0 Å². The summed E-state index contributed by atoms with van der Waals surface area (Å²) in [5, 5.41) is 0. The van der Waals surface area contributed by atoms with Crippen molar-refractivity contribution in [3.63, 3.8) is 0 Å². The summed E-state index contributed by atoms with van der Waals surface area (Å²) in [6, 6.07) is 0. The Morgan fingerprint density at radius 1 is 0.957 bits per heavy atom. The second kappa shape index (κ2) is 5.36. The topological polar surface area (TPSA) is 68.3 Å². The fourth-order valence-corrected chi connectivity index (χ4v) is 6.46. The molecule has 2 bridgehead atoms. The zero-order valence-electron chi connectivity index (χ0n) is 11.4. The molecule has 0 aromatic rings. The van der Waals surface area contributed by atoms with Crippen molar-refractivity contribution in [1.82, 2.24) is 0 Å². The summed E-state index contributed by atoms with van der Waals surface area (Å²) in [6.07, 6.45) is 1.81. The predicted molar refractivity (Wildman–Crippen MR) is 67.3 cm³/mol. The summed E-state index contributed by atoms with van der Waals surface area (Å²) >= 11 is 0. The lowest BCUT2D eigenvalue weighted by molar-refractivity contribution is -0.0471. The third kappa shape index (κ3) is 3.11. The molecule has 2 atom stereocenters. The first-order valence-corrected chi connectivity index (χ1v) is 9.58. The Bertz CT molecular complexity index is 673. The Balaban J connectivity index is 2.48. The molecule has 0 saturated heterocycles. The van der Waals surface area contributed by atoms with Crippen LogP contribution in [0.4, 0.5) is 26.3 Å². The molecule has 0 radical (unpaired) electrons. The van der Waals surface area contributed by atoms with E-state index in [-0.39, 0.29) is 17.4 Å². The minimum Gasteiger partial charge on any atom is -0.218 e. The van der Waals surface area contributed by atoms with Gasteiger partial charge in [-0.25, -0.2) is 16.8 Å². The van der Waals surface area contributed by atoms with Crippen LogP contribution in [0.5, 0.6) is 0 Å². The molecule has 2 aliphatic rings. The summed E-state index contributed by atoms with van der Waals surface area (Å²) in [5.74, 6) is -0.396. The fraction of sp³-hybridized carbons (Fsp3) is 0.818. The zero-order valence-corrected chi connectivity index (χ0v) is 13.0. The summed E-state index contributed by atoms with van der Waals surface area (Å²) in [4.78, 5) is 0. The van der Waals surface area contributed by atoms with Crippen molar-refractivity contribution in [3.05, 3.63) is 11.6 Å². The highest BCUT2D eigenvalue weighted by molar-refractivity contribution is 8.09. The third-order valence-electron chi connectivity index (χ3n) is 4.19. The van der Waals surface area contributed by atoms with Crippen LogP contribution in [0.15, 0.2) is 11.6 Å². The van der Waals surface area contributed by atoms with Crippen LogP contribution in [0.3, 0.4) is 0 Å². The molecule has 23 heavy (non-hydrogen) atoms. The lowest BCUT2D eigenvalue weighted by Crippen LogP contribution is -2.45. The first kappa shape index (κ1) is 18.6. The number of sulfone groups is 2. The standard InChI is InChI=1S/C11H12F6O4S2/c12-10(13,14)22(18,19)9(23(20,21)11(15,16)17)5-8-4-6-1-2-7(8)3-6/h4,6-7,9H,1-3,5H2. The number of alkyl halides is 6. The quantitative estimate of drug-likeness (QED) is 0.550. The van der Waals surface area contributed by atoms with Gasteiger partial charge in [-0.1, -0.05) is 11.6 Å². The maximum Gasteiger partial charge on any atom is 0.498 e. The lowest BCUT2D eigenvalue weighted by Gasteiger charge is -2.23. The number of hydrogen-bond acceptors (Lipinski definition) is 4. The Kier molecular flexibility index (Phi) is 4.33. The molecule has 12 heteroatoms. The Hall–Kier alpha value is -0.780. The average Bonchev–Trinajstić information content (AvgIpc) is 2.94. The highest BCUT2D eigenvalue weighted by Gasteiger charge is 2.63. The van der Waals surface area contributed by atoms with Gasteiger partial charge in [-0.2, -0.15) is 26.3 Å². The average molecular weight is 386 g/mol. The van der Waals surface area contributed by atoms with Gasteiger partial charge < -0.3 is 0 Å².